The summed E-state index contributed by atoms with van der Waals surface area (Å²) in [4.78, 5) is 24.5. The second kappa shape index (κ2) is 8.91. The zero-order valence-corrected chi connectivity index (χ0v) is 16.7. The van der Waals surface area contributed by atoms with E-state index in [1.807, 2.05) is 4.57 Å². The van der Waals surface area contributed by atoms with Gasteiger partial charge in [-0.2, -0.15) is 0 Å². The average molecular weight is 419 g/mol. The minimum absolute atomic E-state index is 0.0721. The number of halogens is 1. The van der Waals surface area contributed by atoms with Gasteiger partial charge in [0.15, 0.2) is 11.0 Å². The van der Waals surface area contributed by atoms with Crippen molar-refractivity contribution >= 4 is 23.7 Å². The lowest BCUT2D eigenvalue weighted by Crippen LogP contribution is -2.32. The molecule has 2 aromatic rings. The van der Waals surface area contributed by atoms with Crippen molar-refractivity contribution < 1.29 is 18.7 Å². The molecule has 0 bridgehead atoms. The molecule has 29 heavy (non-hydrogen) atoms. The summed E-state index contributed by atoms with van der Waals surface area (Å²) in [6, 6.07) is 5.87. The van der Waals surface area contributed by atoms with Crippen LogP contribution in [0.1, 0.15) is 19.3 Å². The lowest BCUT2D eigenvalue weighted by Gasteiger charge is -2.15. The molecule has 0 saturated carbocycles. The van der Waals surface area contributed by atoms with E-state index in [1.165, 1.54) is 28.8 Å². The van der Waals surface area contributed by atoms with Gasteiger partial charge in [0.25, 0.3) is 0 Å². The first-order valence-corrected chi connectivity index (χ1v) is 10.6. The maximum absolute atomic E-state index is 13.3. The molecule has 2 saturated heterocycles. The number of nitrogens with one attached hydrogen (secondary N) is 1. The molecule has 1 atom stereocenters. The number of amides is 3. The van der Waals surface area contributed by atoms with Crippen LogP contribution < -0.4 is 5.32 Å². The number of aromatic nitrogens is 3. The number of ether oxygens (including phenoxy) is 1. The molecule has 3 amide bonds. The Morgan fingerprint density at radius 3 is 2.76 bits per heavy atom. The van der Waals surface area contributed by atoms with Crippen molar-refractivity contribution in [2.45, 2.75) is 37.1 Å². The molecule has 0 aliphatic carbocycles. The van der Waals surface area contributed by atoms with Gasteiger partial charge >= 0.3 is 6.03 Å². The van der Waals surface area contributed by atoms with Gasteiger partial charge < -0.3 is 10.1 Å². The van der Waals surface area contributed by atoms with E-state index in [-0.39, 0.29) is 30.4 Å². The van der Waals surface area contributed by atoms with E-state index in [2.05, 4.69) is 15.5 Å². The Morgan fingerprint density at radius 1 is 1.24 bits per heavy atom. The molecule has 1 aromatic heterocycles. The Labute approximate surface area is 171 Å². The number of urea groups is 1. The molecule has 10 heteroatoms. The molecule has 2 aliphatic rings. The van der Waals surface area contributed by atoms with E-state index in [1.54, 1.807) is 12.1 Å². The predicted octanol–water partition coefficient (Wildman–Crippen LogP) is 2.30. The van der Waals surface area contributed by atoms with Crippen LogP contribution in [0.4, 0.5) is 9.18 Å². The molecule has 8 nitrogen and oxygen atoms in total. The fraction of sp³-hybridized carbons (Fsp3) is 0.474. The Kier molecular flexibility index (Phi) is 6.10. The van der Waals surface area contributed by atoms with Crippen molar-refractivity contribution in [1.29, 1.82) is 0 Å². The van der Waals surface area contributed by atoms with Gasteiger partial charge in [-0.15, -0.1) is 10.2 Å². The minimum atomic E-state index is -0.333. The maximum atomic E-state index is 13.3. The van der Waals surface area contributed by atoms with Crippen LogP contribution in [0, 0.1) is 5.82 Å². The highest BCUT2D eigenvalue weighted by Gasteiger charge is 2.27. The summed E-state index contributed by atoms with van der Waals surface area (Å²) >= 11 is 1.52. The number of imide groups is 1. The van der Waals surface area contributed by atoms with Crippen LogP contribution in [-0.2, 0) is 16.1 Å². The molecule has 2 fully saturated rings. The van der Waals surface area contributed by atoms with Gasteiger partial charge in [-0.3, -0.25) is 14.3 Å². The van der Waals surface area contributed by atoms with Crippen LogP contribution in [0.3, 0.4) is 0 Å². The highest BCUT2D eigenvalue weighted by atomic mass is 32.2. The zero-order chi connectivity index (χ0) is 20.2. The first-order valence-electron chi connectivity index (χ1n) is 9.63. The molecule has 0 radical (unpaired) electrons. The van der Waals surface area contributed by atoms with Gasteiger partial charge in [0.2, 0.25) is 5.91 Å². The second-order valence-electron chi connectivity index (χ2n) is 6.96. The lowest BCUT2D eigenvalue weighted by atomic mass is 10.2. The smallest absolute Gasteiger partial charge is 0.324 e. The summed E-state index contributed by atoms with van der Waals surface area (Å²) in [5, 5.41) is 11.9. The Balaban J connectivity index is 1.44. The van der Waals surface area contributed by atoms with E-state index in [9.17, 15) is 14.0 Å². The number of carbonyl (C=O) groups excluding carboxylic acids is 2. The maximum Gasteiger partial charge on any atom is 0.324 e. The summed E-state index contributed by atoms with van der Waals surface area (Å²) in [5.41, 5.74) is 0.795. The van der Waals surface area contributed by atoms with Crippen molar-refractivity contribution in [2.24, 2.45) is 0 Å². The Morgan fingerprint density at radius 2 is 2.07 bits per heavy atom. The van der Waals surface area contributed by atoms with Crippen LogP contribution >= 0.6 is 11.8 Å². The van der Waals surface area contributed by atoms with Gasteiger partial charge in [-0.1, -0.05) is 11.8 Å². The topological polar surface area (TPSA) is 89.4 Å². The van der Waals surface area contributed by atoms with E-state index in [0.29, 0.717) is 31.1 Å². The normalized spacial score (nSPS) is 19.2. The fourth-order valence-electron chi connectivity index (χ4n) is 3.43. The predicted molar refractivity (Wildman–Crippen MR) is 105 cm³/mol. The van der Waals surface area contributed by atoms with Crippen molar-refractivity contribution in [2.75, 3.05) is 25.4 Å². The van der Waals surface area contributed by atoms with Crippen molar-refractivity contribution in [3.8, 4) is 11.4 Å². The number of carbonyl (C=O) groups is 2. The van der Waals surface area contributed by atoms with Crippen LogP contribution in [0.2, 0.25) is 0 Å². The van der Waals surface area contributed by atoms with Gasteiger partial charge in [-0.25, -0.2) is 9.18 Å². The Bertz CT molecular complexity index is 866. The van der Waals surface area contributed by atoms with Crippen molar-refractivity contribution in [3.63, 3.8) is 0 Å². The van der Waals surface area contributed by atoms with Crippen molar-refractivity contribution in [1.82, 2.24) is 25.0 Å². The molecule has 0 spiro atoms. The third-order valence-electron chi connectivity index (χ3n) is 4.92. The third kappa shape index (κ3) is 4.59. The molecule has 1 aromatic carbocycles. The van der Waals surface area contributed by atoms with Crippen LogP contribution in [0.25, 0.3) is 11.4 Å². The monoisotopic (exact) mass is 419 g/mol. The average Bonchev–Trinajstić information content (AvgIpc) is 3.44. The largest absolute Gasteiger partial charge is 0.376 e. The zero-order valence-electron chi connectivity index (χ0n) is 15.8. The van der Waals surface area contributed by atoms with E-state index in [4.69, 9.17) is 4.74 Å². The summed E-state index contributed by atoms with van der Waals surface area (Å²) in [5.74, 6) is 0.871. The van der Waals surface area contributed by atoms with Crippen molar-refractivity contribution in [3.05, 3.63) is 30.1 Å². The molecule has 2 aliphatic heterocycles. The fourth-order valence-corrected chi connectivity index (χ4v) is 4.30. The van der Waals surface area contributed by atoms with Gasteiger partial charge in [0, 0.05) is 24.5 Å². The first kappa shape index (κ1) is 19.8. The summed E-state index contributed by atoms with van der Waals surface area (Å²) in [6.07, 6.45) is 2.78. The Hall–Kier alpha value is -2.46. The number of nitrogens with zero attached hydrogens (tertiary/aromatic N) is 4. The standard InChI is InChI=1S/C19H22FN5O3S/c20-14-6-4-13(5-7-14)17-22-23-19(25(17)12-15-3-1-9-28-15)29-10-2-8-24-16(26)11-21-18(24)27/h4-7,15H,1-3,8-12H2,(H,21,27). The summed E-state index contributed by atoms with van der Waals surface area (Å²) in [7, 11) is 0. The number of rotatable bonds is 8. The van der Waals surface area contributed by atoms with Crippen LogP contribution in [-0.4, -0.2) is 63.2 Å². The molecule has 154 valence electrons. The molecule has 1 unspecified atom stereocenters. The van der Waals surface area contributed by atoms with Crippen LogP contribution in [0.5, 0.6) is 0 Å². The lowest BCUT2D eigenvalue weighted by molar-refractivity contribution is -0.124. The molecular weight excluding hydrogens is 397 g/mol. The van der Waals surface area contributed by atoms with E-state index in [0.717, 1.165) is 30.2 Å². The van der Waals surface area contributed by atoms with E-state index < -0.39 is 0 Å². The van der Waals surface area contributed by atoms with Gasteiger partial charge in [0.05, 0.1) is 19.2 Å². The van der Waals surface area contributed by atoms with E-state index >= 15 is 0 Å². The third-order valence-corrected chi connectivity index (χ3v) is 5.98. The summed E-state index contributed by atoms with van der Waals surface area (Å²) in [6.45, 7) is 1.84. The number of benzene rings is 1. The highest BCUT2D eigenvalue weighted by Crippen LogP contribution is 2.27. The molecule has 3 heterocycles. The molecule has 1 N–H and O–H groups in total. The summed E-state index contributed by atoms with van der Waals surface area (Å²) < 4.78 is 21.1. The first-order chi connectivity index (χ1) is 14.1. The second-order valence-corrected chi connectivity index (χ2v) is 8.03. The number of hydrogen-bond donors (Lipinski definition) is 1. The minimum Gasteiger partial charge on any atom is -0.376 e. The van der Waals surface area contributed by atoms with Crippen LogP contribution in [0.15, 0.2) is 29.4 Å². The van der Waals surface area contributed by atoms with Gasteiger partial charge in [0.1, 0.15) is 5.82 Å². The molecule has 4 rings (SSSR count). The number of thioether (sulfide) groups is 1. The molecular formula is C19H22FN5O3S. The number of hydrogen-bond acceptors (Lipinski definition) is 6. The van der Waals surface area contributed by atoms with Gasteiger partial charge in [-0.05, 0) is 43.5 Å². The highest BCUT2D eigenvalue weighted by molar-refractivity contribution is 7.99. The quantitative estimate of drug-likeness (QED) is 0.401. The SMILES string of the molecule is O=C1CNC(=O)N1CCCSc1nnc(-c2ccc(F)cc2)n1CC1CCCO1.